The lowest BCUT2D eigenvalue weighted by atomic mass is 9.97. The first-order valence-electron chi connectivity index (χ1n) is 9.12. The normalized spacial score (nSPS) is 27.7. The van der Waals surface area contributed by atoms with Crippen LogP contribution in [0.3, 0.4) is 0 Å². The second-order valence-electron chi connectivity index (χ2n) is 6.92. The quantitative estimate of drug-likeness (QED) is 0.400. The average Bonchev–Trinajstić information content (AvgIpc) is 2.80. The zero-order chi connectivity index (χ0) is 21.0. The maximum atomic E-state index is 10.2. The SMILES string of the molecule is OCC1CO[C@@H](Oc2cc(O)cc(/C=C\c3ccc(O)cc3)c2)C(O)C(O)[C@@H]1O. The molecule has 156 valence electrons. The average molecular weight is 404 g/mol. The molecule has 1 heterocycles. The van der Waals surface area contributed by atoms with Gasteiger partial charge >= 0.3 is 0 Å². The van der Waals surface area contributed by atoms with Gasteiger partial charge in [0, 0.05) is 12.0 Å². The Bertz CT molecular complexity index is 835. The number of hydrogen-bond donors (Lipinski definition) is 6. The van der Waals surface area contributed by atoms with Crippen molar-refractivity contribution in [1.82, 2.24) is 0 Å². The molecular formula is C21H24O8. The molecule has 1 fully saturated rings. The third-order valence-electron chi connectivity index (χ3n) is 4.70. The smallest absolute Gasteiger partial charge is 0.228 e. The molecule has 0 radical (unpaired) electrons. The molecule has 0 aliphatic carbocycles. The summed E-state index contributed by atoms with van der Waals surface area (Å²) in [5, 5.41) is 58.9. The van der Waals surface area contributed by atoms with E-state index in [4.69, 9.17) is 9.47 Å². The van der Waals surface area contributed by atoms with Gasteiger partial charge in [0.25, 0.3) is 0 Å². The maximum absolute atomic E-state index is 10.2. The summed E-state index contributed by atoms with van der Waals surface area (Å²) in [6.07, 6.45) is -2.28. The van der Waals surface area contributed by atoms with E-state index in [0.29, 0.717) is 5.56 Å². The van der Waals surface area contributed by atoms with Gasteiger partial charge in [0.05, 0.1) is 19.3 Å². The van der Waals surface area contributed by atoms with E-state index < -0.39 is 37.1 Å². The highest BCUT2D eigenvalue weighted by Crippen LogP contribution is 2.27. The van der Waals surface area contributed by atoms with Crippen molar-refractivity contribution in [3.8, 4) is 17.2 Å². The van der Waals surface area contributed by atoms with Crippen molar-refractivity contribution in [3.05, 3.63) is 53.6 Å². The summed E-state index contributed by atoms with van der Waals surface area (Å²) in [6, 6.07) is 11.0. The van der Waals surface area contributed by atoms with Crippen LogP contribution < -0.4 is 4.74 Å². The molecule has 0 bridgehead atoms. The van der Waals surface area contributed by atoms with E-state index in [9.17, 15) is 30.6 Å². The minimum absolute atomic E-state index is 0.0789. The van der Waals surface area contributed by atoms with E-state index in [0.717, 1.165) is 5.56 Å². The molecule has 1 saturated heterocycles. The van der Waals surface area contributed by atoms with Crippen LogP contribution in [-0.2, 0) is 4.74 Å². The van der Waals surface area contributed by atoms with E-state index in [1.54, 1.807) is 42.5 Å². The van der Waals surface area contributed by atoms with Crippen LogP contribution in [-0.4, -0.2) is 68.5 Å². The Balaban J connectivity index is 1.76. The zero-order valence-electron chi connectivity index (χ0n) is 15.5. The Morgan fingerprint density at radius 3 is 2.24 bits per heavy atom. The van der Waals surface area contributed by atoms with Crippen molar-refractivity contribution in [2.75, 3.05) is 13.2 Å². The highest BCUT2D eigenvalue weighted by molar-refractivity contribution is 5.71. The van der Waals surface area contributed by atoms with Crippen LogP contribution >= 0.6 is 0 Å². The van der Waals surface area contributed by atoms with Crippen LogP contribution in [0.5, 0.6) is 17.2 Å². The topological polar surface area (TPSA) is 140 Å². The molecule has 8 heteroatoms. The molecule has 0 saturated carbocycles. The van der Waals surface area contributed by atoms with Gasteiger partial charge in [0.1, 0.15) is 29.5 Å². The zero-order valence-corrected chi connectivity index (χ0v) is 15.5. The highest BCUT2D eigenvalue weighted by Gasteiger charge is 2.41. The summed E-state index contributed by atoms with van der Waals surface area (Å²) in [7, 11) is 0. The van der Waals surface area contributed by atoms with Crippen molar-refractivity contribution in [3.63, 3.8) is 0 Å². The molecule has 0 spiro atoms. The van der Waals surface area contributed by atoms with Gasteiger partial charge in [0.2, 0.25) is 6.29 Å². The van der Waals surface area contributed by atoms with Gasteiger partial charge in [-0.15, -0.1) is 0 Å². The molecule has 8 nitrogen and oxygen atoms in total. The van der Waals surface area contributed by atoms with Gasteiger partial charge in [-0.05, 0) is 35.4 Å². The second kappa shape index (κ2) is 9.25. The molecule has 0 aromatic heterocycles. The largest absolute Gasteiger partial charge is 0.508 e. The molecule has 3 unspecified atom stereocenters. The number of hydrogen-bond acceptors (Lipinski definition) is 8. The molecule has 3 rings (SSSR count). The first-order valence-corrected chi connectivity index (χ1v) is 9.12. The maximum Gasteiger partial charge on any atom is 0.228 e. The van der Waals surface area contributed by atoms with Gasteiger partial charge in [-0.3, -0.25) is 0 Å². The second-order valence-corrected chi connectivity index (χ2v) is 6.92. The molecule has 6 N–H and O–H groups in total. The Morgan fingerprint density at radius 1 is 0.862 bits per heavy atom. The number of benzene rings is 2. The van der Waals surface area contributed by atoms with Crippen LogP contribution in [0, 0.1) is 5.92 Å². The van der Waals surface area contributed by atoms with E-state index >= 15 is 0 Å². The monoisotopic (exact) mass is 404 g/mol. The fraction of sp³-hybridized carbons (Fsp3) is 0.333. The van der Waals surface area contributed by atoms with Crippen molar-refractivity contribution >= 4 is 12.2 Å². The first kappa shape index (κ1) is 21.1. The van der Waals surface area contributed by atoms with Crippen LogP contribution in [0.25, 0.3) is 12.2 Å². The Morgan fingerprint density at radius 2 is 1.55 bits per heavy atom. The Hall–Kier alpha value is -2.62. The number of ether oxygens (including phenoxy) is 2. The predicted octanol–water partition coefficient (Wildman–Crippen LogP) is 0.694. The third kappa shape index (κ3) is 5.26. The van der Waals surface area contributed by atoms with E-state index in [-0.39, 0.29) is 23.9 Å². The van der Waals surface area contributed by atoms with Crippen molar-refractivity contribution in [2.24, 2.45) is 5.92 Å². The van der Waals surface area contributed by atoms with E-state index in [1.165, 1.54) is 12.1 Å². The third-order valence-corrected chi connectivity index (χ3v) is 4.70. The lowest BCUT2D eigenvalue weighted by molar-refractivity contribution is -0.167. The first-order chi connectivity index (χ1) is 13.9. The molecule has 1 aliphatic rings. The summed E-state index contributed by atoms with van der Waals surface area (Å²) in [6.45, 7) is -0.543. The van der Waals surface area contributed by atoms with Gasteiger partial charge in [-0.25, -0.2) is 0 Å². The van der Waals surface area contributed by atoms with Gasteiger partial charge in [-0.2, -0.15) is 0 Å². The van der Waals surface area contributed by atoms with Gasteiger partial charge < -0.3 is 40.1 Å². The fourth-order valence-corrected chi connectivity index (χ4v) is 3.00. The van der Waals surface area contributed by atoms with Crippen LogP contribution in [0.15, 0.2) is 42.5 Å². The predicted molar refractivity (Wildman–Crippen MR) is 104 cm³/mol. The number of aliphatic hydroxyl groups excluding tert-OH is 4. The number of aliphatic hydroxyl groups is 4. The summed E-state index contributed by atoms with van der Waals surface area (Å²) < 4.78 is 11.0. The number of phenolic OH excluding ortho intramolecular Hbond substituents is 2. The molecule has 2 aromatic carbocycles. The summed E-state index contributed by atoms with van der Waals surface area (Å²) in [5.74, 6) is -0.498. The van der Waals surface area contributed by atoms with Crippen molar-refractivity contribution < 1.29 is 40.1 Å². The molecule has 1 aliphatic heterocycles. The molecule has 5 atom stereocenters. The van der Waals surface area contributed by atoms with Crippen LogP contribution in [0.4, 0.5) is 0 Å². The van der Waals surface area contributed by atoms with Gasteiger partial charge in [-0.1, -0.05) is 24.3 Å². The summed E-state index contributed by atoms with van der Waals surface area (Å²) in [4.78, 5) is 0. The van der Waals surface area contributed by atoms with Crippen molar-refractivity contribution in [2.45, 2.75) is 24.6 Å². The molecular weight excluding hydrogens is 380 g/mol. The molecule has 29 heavy (non-hydrogen) atoms. The van der Waals surface area contributed by atoms with E-state index in [2.05, 4.69) is 0 Å². The number of phenols is 2. The van der Waals surface area contributed by atoms with Crippen LogP contribution in [0.2, 0.25) is 0 Å². The Kier molecular flexibility index (Phi) is 6.73. The van der Waals surface area contributed by atoms with Gasteiger partial charge in [0.15, 0.2) is 0 Å². The standard InChI is InChI=1S/C21H24O8/c22-10-14-11-28-21(20(27)19(26)18(14)25)29-17-8-13(7-16(24)9-17)2-1-12-3-5-15(23)6-4-12/h1-9,14,18-27H,10-11H2/b2-1-/t14?,18-,19?,20?,21+/m1/s1. The number of aromatic hydroxyl groups is 2. The Labute approximate surface area is 167 Å². The number of rotatable bonds is 5. The summed E-state index contributed by atoms with van der Waals surface area (Å²) in [5.41, 5.74) is 1.44. The van der Waals surface area contributed by atoms with Crippen molar-refractivity contribution in [1.29, 1.82) is 0 Å². The van der Waals surface area contributed by atoms with Crippen LogP contribution in [0.1, 0.15) is 11.1 Å². The van der Waals surface area contributed by atoms with E-state index in [1.807, 2.05) is 0 Å². The molecule has 2 aromatic rings. The lowest BCUT2D eigenvalue weighted by Gasteiger charge is -2.26. The molecule has 0 amide bonds. The fourth-order valence-electron chi connectivity index (χ4n) is 3.00. The lowest BCUT2D eigenvalue weighted by Crippen LogP contribution is -2.46. The minimum atomic E-state index is -1.56. The minimum Gasteiger partial charge on any atom is -0.508 e. The summed E-state index contributed by atoms with van der Waals surface area (Å²) >= 11 is 0. The highest BCUT2D eigenvalue weighted by atomic mass is 16.7.